The van der Waals surface area contributed by atoms with Gasteiger partial charge in [-0.05, 0) is 25.0 Å². The number of piperidine rings is 1. The van der Waals surface area contributed by atoms with Crippen molar-refractivity contribution in [3.8, 4) is 11.5 Å². The molecule has 8 heteroatoms. The Kier molecular flexibility index (Phi) is 5.29. The first-order chi connectivity index (χ1) is 12.5. The maximum Gasteiger partial charge on any atom is 0.258 e. The van der Waals surface area contributed by atoms with Crippen molar-refractivity contribution in [3.63, 3.8) is 0 Å². The Labute approximate surface area is 151 Å². The molecule has 2 aromatic rings. The Morgan fingerprint density at radius 1 is 1.35 bits per heavy atom. The van der Waals surface area contributed by atoms with Gasteiger partial charge >= 0.3 is 0 Å². The minimum Gasteiger partial charge on any atom is -0.493 e. The first kappa shape index (κ1) is 18.0. The zero-order valence-corrected chi connectivity index (χ0v) is 15.2. The smallest absolute Gasteiger partial charge is 0.258 e. The van der Waals surface area contributed by atoms with Crippen molar-refractivity contribution in [2.45, 2.75) is 18.9 Å². The number of nitrogens with zero attached hydrogens (tertiary/aromatic N) is 3. The molecule has 1 amide bonds. The monoisotopic (exact) mass is 362 g/mol. The van der Waals surface area contributed by atoms with Gasteiger partial charge in [0.05, 0.1) is 26.1 Å². The van der Waals surface area contributed by atoms with Gasteiger partial charge < -0.3 is 19.7 Å². The van der Waals surface area contributed by atoms with E-state index in [0.29, 0.717) is 12.3 Å². The van der Waals surface area contributed by atoms with Crippen LogP contribution in [0.4, 0.5) is 10.1 Å². The molecule has 1 aromatic heterocycles. The largest absolute Gasteiger partial charge is 0.493 e. The predicted octanol–water partition coefficient (Wildman–Crippen LogP) is 1.98. The van der Waals surface area contributed by atoms with Crippen LogP contribution in [0.15, 0.2) is 24.5 Å². The SMILES string of the molecule is COc1ccc(F)c(C(=O)N[C@H]2CCCN(c3cnn(C)c3)C2)c1OC. The average Bonchev–Trinajstić information content (AvgIpc) is 3.07. The maximum absolute atomic E-state index is 14.3. The fraction of sp³-hybridized carbons (Fsp3) is 0.444. The predicted molar refractivity (Wildman–Crippen MR) is 95.4 cm³/mol. The molecule has 2 heterocycles. The van der Waals surface area contributed by atoms with Crippen molar-refractivity contribution in [2.75, 3.05) is 32.2 Å². The van der Waals surface area contributed by atoms with Crippen LogP contribution in [0.2, 0.25) is 0 Å². The number of carbonyl (C=O) groups excluding carboxylic acids is 1. The summed E-state index contributed by atoms with van der Waals surface area (Å²) in [6.07, 6.45) is 5.50. The number of hydrogen-bond donors (Lipinski definition) is 1. The van der Waals surface area contributed by atoms with Crippen LogP contribution in [0.25, 0.3) is 0 Å². The Hall–Kier alpha value is -2.77. The average molecular weight is 362 g/mol. The van der Waals surface area contributed by atoms with Gasteiger partial charge in [0.15, 0.2) is 11.5 Å². The van der Waals surface area contributed by atoms with E-state index in [0.717, 1.165) is 25.1 Å². The van der Waals surface area contributed by atoms with Crippen LogP contribution in [-0.4, -0.2) is 49.0 Å². The van der Waals surface area contributed by atoms with Crippen LogP contribution in [0, 0.1) is 5.82 Å². The van der Waals surface area contributed by atoms with Crippen LogP contribution in [0.1, 0.15) is 23.2 Å². The van der Waals surface area contributed by atoms with Crippen molar-refractivity contribution < 1.29 is 18.7 Å². The molecule has 0 spiro atoms. The highest BCUT2D eigenvalue weighted by Crippen LogP contribution is 2.33. The van der Waals surface area contributed by atoms with E-state index in [-0.39, 0.29) is 17.4 Å². The van der Waals surface area contributed by atoms with Gasteiger partial charge in [-0.2, -0.15) is 5.10 Å². The van der Waals surface area contributed by atoms with Crippen LogP contribution in [0.5, 0.6) is 11.5 Å². The Bertz CT molecular complexity index is 793. The Morgan fingerprint density at radius 2 is 2.15 bits per heavy atom. The molecule has 1 saturated heterocycles. The number of amides is 1. The summed E-state index contributed by atoms with van der Waals surface area (Å²) in [7, 11) is 4.70. The minimum absolute atomic E-state index is 0.0910. The summed E-state index contributed by atoms with van der Waals surface area (Å²) >= 11 is 0. The lowest BCUT2D eigenvalue weighted by molar-refractivity contribution is 0.0925. The molecular weight excluding hydrogens is 339 g/mol. The molecule has 0 radical (unpaired) electrons. The molecule has 1 atom stereocenters. The molecule has 140 valence electrons. The third-order valence-electron chi connectivity index (χ3n) is 4.53. The number of ether oxygens (including phenoxy) is 2. The molecular formula is C18H23FN4O3. The lowest BCUT2D eigenvalue weighted by atomic mass is 10.0. The fourth-order valence-corrected chi connectivity index (χ4v) is 3.27. The lowest BCUT2D eigenvalue weighted by Crippen LogP contribution is -2.48. The number of carbonyl (C=O) groups is 1. The first-order valence-corrected chi connectivity index (χ1v) is 8.48. The summed E-state index contributed by atoms with van der Waals surface area (Å²) in [6.45, 7) is 1.54. The molecule has 26 heavy (non-hydrogen) atoms. The zero-order valence-electron chi connectivity index (χ0n) is 15.2. The Morgan fingerprint density at radius 3 is 2.81 bits per heavy atom. The standard InChI is InChI=1S/C18H23FN4O3/c1-22-11-13(9-20-22)23-8-4-5-12(10-23)21-18(24)16-14(19)6-7-15(25-2)17(16)26-3/h6-7,9,11-12H,4-5,8,10H2,1-3H3,(H,21,24)/t12-/m0/s1. The topological polar surface area (TPSA) is 68.6 Å². The molecule has 3 rings (SSSR count). The molecule has 1 aromatic carbocycles. The highest BCUT2D eigenvalue weighted by atomic mass is 19.1. The van der Waals surface area contributed by atoms with Gasteiger partial charge in [-0.1, -0.05) is 0 Å². The second kappa shape index (κ2) is 7.63. The van der Waals surface area contributed by atoms with Gasteiger partial charge in [0.2, 0.25) is 0 Å². The van der Waals surface area contributed by atoms with Crippen LogP contribution < -0.4 is 19.7 Å². The van der Waals surface area contributed by atoms with Crippen molar-refractivity contribution >= 4 is 11.6 Å². The zero-order chi connectivity index (χ0) is 18.7. The Balaban J connectivity index is 1.75. The van der Waals surface area contributed by atoms with E-state index in [1.165, 1.54) is 26.4 Å². The minimum atomic E-state index is -0.639. The molecule has 0 bridgehead atoms. The summed E-state index contributed by atoms with van der Waals surface area (Å²) < 4.78 is 26.4. The first-order valence-electron chi connectivity index (χ1n) is 8.48. The van der Waals surface area contributed by atoms with E-state index in [4.69, 9.17) is 9.47 Å². The van der Waals surface area contributed by atoms with Gasteiger partial charge in [-0.3, -0.25) is 9.48 Å². The summed E-state index contributed by atoms with van der Waals surface area (Å²) in [5.74, 6) is -0.721. The number of halogens is 1. The normalized spacial score (nSPS) is 17.1. The van der Waals surface area contributed by atoms with Crippen molar-refractivity contribution in [3.05, 3.63) is 35.9 Å². The van der Waals surface area contributed by atoms with Crippen LogP contribution in [0.3, 0.4) is 0 Å². The van der Waals surface area contributed by atoms with Gasteiger partial charge in [0.1, 0.15) is 11.4 Å². The molecule has 0 unspecified atom stereocenters. The van der Waals surface area contributed by atoms with Gasteiger partial charge in [0, 0.05) is 32.4 Å². The number of nitrogens with one attached hydrogen (secondary N) is 1. The maximum atomic E-state index is 14.3. The number of rotatable bonds is 5. The number of hydrogen-bond acceptors (Lipinski definition) is 5. The molecule has 1 fully saturated rings. The van der Waals surface area contributed by atoms with E-state index >= 15 is 0 Å². The molecule has 1 aliphatic rings. The molecule has 0 aliphatic carbocycles. The van der Waals surface area contributed by atoms with Gasteiger partial charge in [0.25, 0.3) is 5.91 Å². The lowest BCUT2D eigenvalue weighted by Gasteiger charge is -2.34. The van der Waals surface area contributed by atoms with E-state index in [9.17, 15) is 9.18 Å². The molecule has 7 nitrogen and oxygen atoms in total. The highest BCUT2D eigenvalue weighted by Gasteiger charge is 2.27. The van der Waals surface area contributed by atoms with E-state index in [1.807, 2.05) is 13.2 Å². The third kappa shape index (κ3) is 3.58. The number of anilines is 1. The van der Waals surface area contributed by atoms with Crippen molar-refractivity contribution in [2.24, 2.45) is 7.05 Å². The number of methoxy groups -OCH3 is 2. The number of benzene rings is 1. The second-order valence-corrected chi connectivity index (χ2v) is 6.29. The summed E-state index contributed by atoms with van der Waals surface area (Å²) in [5.41, 5.74) is 0.877. The van der Waals surface area contributed by atoms with Gasteiger partial charge in [-0.25, -0.2) is 4.39 Å². The second-order valence-electron chi connectivity index (χ2n) is 6.29. The molecule has 1 aliphatic heterocycles. The summed E-state index contributed by atoms with van der Waals surface area (Å²) in [5, 5.41) is 7.11. The number of aromatic nitrogens is 2. The quantitative estimate of drug-likeness (QED) is 0.881. The van der Waals surface area contributed by atoms with E-state index in [2.05, 4.69) is 15.3 Å². The van der Waals surface area contributed by atoms with Gasteiger partial charge in [-0.15, -0.1) is 0 Å². The number of aryl methyl sites for hydroxylation is 1. The third-order valence-corrected chi connectivity index (χ3v) is 4.53. The summed E-state index contributed by atoms with van der Waals surface area (Å²) in [6, 6.07) is 2.56. The molecule has 1 N–H and O–H groups in total. The highest BCUT2D eigenvalue weighted by molar-refractivity contribution is 5.98. The summed E-state index contributed by atoms with van der Waals surface area (Å²) in [4.78, 5) is 14.9. The van der Waals surface area contributed by atoms with Crippen LogP contribution >= 0.6 is 0 Å². The van der Waals surface area contributed by atoms with Crippen LogP contribution in [-0.2, 0) is 7.05 Å². The van der Waals surface area contributed by atoms with Crippen molar-refractivity contribution in [1.29, 1.82) is 0 Å². The van der Waals surface area contributed by atoms with E-state index in [1.54, 1.807) is 10.9 Å². The van der Waals surface area contributed by atoms with E-state index < -0.39 is 11.7 Å². The fourth-order valence-electron chi connectivity index (χ4n) is 3.27. The molecule has 0 saturated carbocycles. The van der Waals surface area contributed by atoms with Crippen molar-refractivity contribution in [1.82, 2.24) is 15.1 Å².